The van der Waals surface area contributed by atoms with E-state index in [9.17, 15) is 9.59 Å². The summed E-state index contributed by atoms with van der Waals surface area (Å²) in [5.41, 5.74) is 3.22. The van der Waals surface area contributed by atoms with Crippen LogP contribution in [0.2, 0.25) is 0 Å². The molecule has 2 rings (SSSR count). The van der Waals surface area contributed by atoms with Crippen molar-refractivity contribution in [2.24, 2.45) is 0 Å². The van der Waals surface area contributed by atoms with E-state index >= 15 is 0 Å². The zero-order valence-electron chi connectivity index (χ0n) is 18.1. The van der Waals surface area contributed by atoms with Crippen molar-refractivity contribution in [1.29, 1.82) is 0 Å². The van der Waals surface area contributed by atoms with Crippen molar-refractivity contribution in [3.05, 3.63) is 65.2 Å². The van der Waals surface area contributed by atoms with Crippen LogP contribution in [0.15, 0.2) is 48.5 Å². The summed E-state index contributed by atoms with van der Waals surface area (Å²) >= 11 is 0. The Kier molecular flexibility index (Phi) is 8.25. The molecule has 0 bridgehead atoms. The van der Waals surface area contributed by atoms with Crippen molar-refractivity contribution in [3.63, 3.8) is 0 Å². The van der Waals surface area contributed by atoms with Gasteiger partial charge in [-0.05, 0) is 51.8 Å². The highest BCUT2D eigenvalue weighted by atomic mass is 16.5. The summed E-state index contributed by atoms with van der Waals surface area (Å²) in [5.74, 6) is 0.255. The van der Waals surface area contributed by atoms with E-state index in [0.717, 1.165) is 23.1 Å². The molecule has 1 N–H and O–H groups in total. The molecule has 0 unspecified atom stereocenters. The fraction of sp³-hybridized carbons (Fsp3) is 0.417. The molecule has 2 aromatic carbocycles. The van der Waals surface area contributed by atoms with Crippen LogP contribution in [-0.2, 0) is 16.1 Å². The van der Waals surface area contributed by atoms with Crippen molar-refractivity contribution in [2.75, 3.05) is 6.61 Å². The zero-order valence-corrected chi connectivity index (χ0v) is 18.1. The summed E-state index contributed by atoms with van der Waals surface area (Å²) in [4.78, 5) is 27.3. The van der Waals surface area contributed by atoms with Crippen molar-refractivity contribution in [1.82, 2.24) is 10.2 Å². The maximum atomic E-state index is 13.0. The molecule has 0 saturated carbocycles. The number of carbonyl (C=O) groups is 2. The summed E-state index contributed by atoms with van der Waals surface area (Å²) in [6.45, 7) is 9.98. The number of carbonyl (C=O) groups excluding carboxylic acids is 2. The van der Waals surface area contributed by atoms with Crippen LogP contribution in [0.5, 0.6) is 5.75 Å². The summed E-state index contributed by atoms with van der Waals surface area (Å²) in [6, 6.07) is 15.0. The molecule has 0 spiro atoms. The minimum atomic E-state index is -0.598. The first-order valence-electron chi connectivity index (χ1n) is 10.1. The second-order valence-corrected chi connectivity index (χ2v) is 7.61. The minimum absolute atomic E-state index is 0.0599. The highest BCUT2D eigenvalue weighted by Crippen LogP contribution is 2.14. The molecule has 156 valence electrons. The van der Waals surface area contributed by atoms with Gasteiger partial charge in [-0.2, -0.15) is 0 Å². The van der Waals surface area contributed by atoms with E-state index in [4.69, 9.17) is 4.74 Å². The van der Waals surface area contributed by atoms with Gasteiger partial charge in [0.15, 0.2) is 6.61 Å². The number of ether oxygens (including phenoxy) is 1. The van der Waals surface area contributed by atoms with E-state index in [1.165, 1.54) is 0 Å². The predicted octanol–water partition coefficient (Wildman–Crippen LogP) is 4.01. The average molecular weight is 397 g/mol. The van der Waals surface area contributed by atoms with Gasteiger partial charge in [-0.1, -0.05) is 54.4 Å². The zero-order chi connectivity index (χ0) is 21.4. The lowest BCUT2D eigenvalue weighted by Crippen LogP contribution is -2.50. The Hall–Kier alpha value is -2.82. The number of aryl methyl sites for hydroxylation is 2. The maximum absolute atomic E-state index is 13.0. The largest absolute Gasteiger partial charge is 0.484 e. The van der Waals surface area contributed by atoms with E-state index in [-0.39, 0.29) is 24.5 Å². The minimum Gasteiger partial charge on any atom is -0.484 e. The molecule has 5 nitrogen and oxygen atoms in total. The third-order valence-corrected chi connectivity index (χ3v) is 4.99. The molecule has 0 aliphatic rings. The molecular weight excluding hydrogens is 364 g/mol. The molecule has 0 heterocycles. The number of rotatable bonds is 9. The first-order chi connectivity index (χ1) is 13.8. The second-order valence-electron chi connectivity index (χ2n) is 7.61. The highest BCUT2D eigenvalue weighted by Gasteiger charge is 2.27. The monoisotopic (exact) mass is 396 g/mol. The fourth-order valence-corrected chi connectivity index (χ4v) is 2.92. The summed E-state index contributed by atoms with van der Waals surface area (Å²) in [7, 11) is 0. The third-order valence-electron chi connectivity index (χ3n) is 4.99. The Morgan fingerprint density at radius 3 is 2.34 bits per heavy atom. The van der Waals surface area contributed by atoms with Crippen LogP contribution in [0.1, 0.15) is 43.9 Å². The molecule has 0 aliphatic carbocycles. The fourth-order valence-electron chi connectivity index (χ4n) is 2.92. The van der Waals surface area contributed by atoms with Crippen LogP contribution in [0.4, 0.5) is 0 Å². The molecular formula is C24H32N2O3. The van der Waals surface area contributed by atoms with Crippen LogP contribution < -0.4 is 10.1 Å². The van der Waals surface area contributed by atoms with Crippen LogP contribution in [0.25, 0.3) is 0 Å². The van der Waals surface area contributed by atoms with Crippen LogP contribution in [-0.4, -0.2) is 35.4 Å². The van der Waals surface area contributed by atoms with Crippen LogP contribution >= 0.6 is 0 Å². The quantitative estimate of drug-likeness (QED) is 0.697. The molecule has 0 fully saturated rings. The summed E-state index contributed by atoms with van der Waals surface area (Å²) < 4.78 is 5.67. The highest BCUT2D eigenvalue weighted by molar-refractivity contribution is 5.88. The van der Waals surface area contributed by atoms with Gasteiger partial charge in [0.2, 0.25) is 5.91 Å². The van der Waals surface area contributed by atoms with Crippen molar-refractivity contribution < 1.29 is 14.3 Å². The van der Waals surface area contributed by atoms with Crippen molar-refractivity contribution >= 4 is 11.8 Å². The molecule has 0 aliphatic heterocycles. The van der Waals surface area contributed by atoms with Crippen molar-refractivity contribution in [3.8, 4) is 5.75 Å². The molecule has 2 amide bonds. The first kappa shape index (κ1) is 22.5. The summed E-state index contributed by atoms with van der Waals surface area (Å²) in [5, 5.41) is 2.97. The Bertz CT molecular complexity index is 817. The standard InChI is InChI=1S/C24H32N2O3/c1-6-19(4)25-24(28)20(5)26(15-21-9-7-8-18(3)14-21)23(27)16-29-22-12-10-17(2)11-13-22/h7-14,19-20H,6,15-16H2,1-5H3,(H,25,28)/t19-,20-/m1/s1. The molecule has 5 heteroatoms. The van der Waals surface area contributed by atoms with Gasteiger partial charge in [0, 0.05) is 12.6 Å². The van der Waals surface area contributed by atoms with Gasteiger partial charge in [0.25, 0.3) is 5.91 Å². The molecule has 2 atom stereocenters. The SMILES string of the molecule is CC[C@@H](C)NC(=O)[C@@H](C)N(Cc1cccc(C)c1)C(=O)COc1ccc(C)cc1. The lowest BCUT2D eigenvalue weighted by atomic mass is 10.1. The number of hydrogen-bond donors (Lipinski definition) is 1. The van der Waals surface area contributed by atoms with Gasteiger partial charge in [0.05, 0.1) is 0 Å². The van der Waals surface area contributed by atoms with Crippen LogP contribution in [0, 0.1) is 13.8 Å². The normalized spacial score (nSPS) is 12.7. The van der Waals surface area contributed by atoms with Gasteiger partial charge in [-0.3, -0.25) is 9.59 Å². The van der Waals surface area contributed by atoms with Gasteiger partial charge in [-0.15, -0.1) is 0 Å². The lowest BCUT2D eigenvalue weighted by Gasteiger charge is -2.29. The smallest absolute Gasteiger partial charge is 0.261 e. The molecule has 2 aromatic rings. The lowest BCUT2D eigenvalue weighted by molar-refractivity contribution is -0.142. The number of amides is 2. The number of nitrogens with one attached hydrogen (secondary N) is 1. The summed E-state index contributed by atoms with van der Waals surface area (Å²) in [6.07, 6.45) is 0.834. The van der Waals surface area contributed by atoms with Gasteiger partial charge in [0.1, 0.15) is 11.8 Å². The number of hydrogen-bond acceptors (Lipinski definition) is 3. The van der Waals surface area contributed by atoms with E-state index in [2.05, 4.69) is 5.32 Å². The van der Waals surface area contributed by atoms with E-state index in [1.54, 1.807) is 11.8 Å². The molecule has 29 heavy (non-hydrogen) atoms. The molecule has 0 saturated heterocycles. The maximum Gasteiger partial charge on any atom is 0.261 e. The first-order valence-corrected chi connectivity index (χ1v) is 10.1. The topological polar surface area (TPSA) is 58.6 Å². The van der Waals surface area contributed by atoms with Gasteiger partial charge in [-0.25, -0.2) is 0 Å². The average Bonchev–Trinajstić information content (AvgIpc) is 2.70. The third kappa shape index (κ3) is 6.93. The Labute approximate surface area is 174 Å². The Morgan fingerprint density at radius 2 is 1.72 bits per heavy atom. The Balaban J connectivity index is 2.14. The van der Waals surface area contributed by atoms with Crippen molar-refractivity contribution in [2.45, 2.75) is 59.7 Å². The number of benzene rings is 2. The Morgan fingerprint density at radius 1 is 1.03 bits per heavy atom. The van der Waals surface area contributed by atoms with E-state index < -0.39 is 6.04 Å². The molecule has 0 aromatic heterocycles. The van der Waals surface area contributed by atoms with Gasteiger partial charge >= 0.3 is 0 Å². The second kappa shape index (κ2) is 10.6. The molecule has 0 radical (unpaired) electrons. The number of nitrogens with zero attached hydrogens (tertiary/aromatic N) is 1. The van der Waals surface area contributed by atoms with E-state index in [1.807, 2.05) is 76.2 Å². The predicted molar refractivity (Wildman–Crippen MR) is 116 cm³/mol. The van der Waals surface area contributed by atoms with E-state index in [0.29, 0.717) is 12.3 Å². The van der Waals surface area contributed by atoms with Crippen LogP contribution in [0.3, 0.4) is 0 Å². The van der Waals surface area contributed by atoms with Gasteiger partial charge < -0.3 is 15.0 Å².